The summed E-state index contributed by atoms with van der Waals surface area (Å²) in [4.78, 5) is 0. The van der Waals surface area contributed by atoms with Crippen LogP contribution >= 0.6 is 0 Å². The van der Waals surface area contributed by atoms with E-state index in [-0.39, 0.29) is 12.1 Å². The Morgan fingerprint density at radius 2 is 2.19 bits per heavy atom. The lowest BCUT2D eigenvalue weighted by molar-refractivity contribution is 0.144. The molecule has 0 aliphatic heterocycles. The molecule has 1 aliphatic carbocycles. The van der Waals surface area contributed by atoms with Crippen LogP contribution in [0.2, 0.25) is 0 Å². The Morgan fingerprint density at radius 3 is 2.81 bits per heavy atom. The average Bonchev–Trinajstić information content (AvgIpc) is 2.64. The molecule has 0 saturated heterocycles. The molecule has 2 heteroatoms. The molecule has 1 aromatic carbocycles. The fourth-order valence-corrected chi connectivity index (χ4v) is 2.49. The van der Waals surface area contributed by atoms with Crippen LogP contribution in [0.3, 0.4) is 0 Å². The lowest BCUT2D eigenvalue weighted by Crippen LogP contribution is -2.37. The van der Waals surface area contributed by atoms with Gasteiger partial charge < -0.3 is 10.4 Å². The van der Waals surface area contributed by atoms with Gasteiger partial charge in [-0.1, -0.05) is 29.8 Å². The minimum absolute atomic E-state index is 0.160. The number of aliphatic hydroxyl groups excluding tert-OH is 1. The minimum atomic E-state index is -0.160. The molecule has 88 valence electrons. The maximum absolute atomic E-state index is 9.78. The van der Waals surface area contributed by atoms with E-state index >= 15 is 0 Å². The molecule has 0 spiro atoms. The largest absolute Gasteiger partial charge is 0.392 e. The zero-order chi connectivity index (χ0) is 11.5. The Morgan fingerprint density at radius 1 is 1.38 bits per heavy atom. The fraction of sp³-hybridized carbons (Fsp3) is 0.571. The highest BCUT2D eigenvalue weighted by molar-refractivity contribution is 5.24. The molecule has 0 bridgehead atoms. The summed E-state index contributed by atoms with van der Waals surface area (Å²) in [5.41, 5.74) is 2.59. The third kappa shape index (κ3) is 2.63. The molecule has 1 saturated carbocycles. The predicted molar refractivity (Wildman–Crippen MR) is 66.4 cm³/mol. The van der Waals surface area contributed by atoms with E-state index in [1.807, 2.05) is 0 Å². The van der Waals surface area contributed by atoms with Gasteiger partial charge in [-0.15, -0.1) is 0 Å². The highest BCUT2D eigenvalue weighted by Crippen LogP contribution is 2.22. The van der Waals surface area contributed by atoms with Crippen LogP contribution < -0.4 is 5.32 Å². The lowest BCUT2D eigenvalue weighted by Gasteiger charge is -2.22. The maximum atomic E-state index is 9.78. The minimum Gasteiger partial charge on any atom is -0.392 e. The van der Waals surface area contributed by atoms with E-state index in [1.165, 1.54) is 11.1 Å². The van der Waals surface area contributed by atoms with E-state index in [0.29, 0.717) is 6.04 Å². The molecule has 2 N–H and O–H groups in total. The summed E-state index contributed by atoms with van der Waals surface area (Å²) in [7, 11) is 0. The molecule has 1 fully saturated rings. The SMILES string of the molecule is Cc1cccc([C@H](C)N[C@@H]2CCC[C@H]2O)c1. The second-order valence-electron chi connectivity index (χ2n) is 4.91. The zero-order valence-corrected chi connectivity index (χ0v) is 10.1. The van der Waals surface area contributed by atoms with Crippen LogP contribution in [0.25, 0.3) is 0 Å². The first-order chi connectivity index (χ1) is 7.66. The molecule has 1 aliphatic rings. The van der Waals surface area contributed by atoms with Crippen LogP contribution in [0.5, 0.6) is 0 Å². The maximum Gasteiger partial charge on any atom is 0.0693 e. The normalized spacial score (nSPS) is 26.9. The third-order valence-corrected chi connectivity index (χ3v) is 3.49. The van der Waals surface area contributed by atoms with Gasteiger partial charge in [-0.25, -0.2) is 0 Å². The van der Waals surface area contributed by atoms with Crippen molar-refractivity contribution in [1.82, 2.24) is 5.32 Å². The third-order valence-electron chi connectivity index (χ3n) is 3.49. The van der Waals surface area contributed by atoms with E-state index < -0.39 is 0 Å². The Balaban J connectivity index is 1.99. The molecule has 0 radical (unpaired) electrons. The van der Waals surface area contributed by atoms with Crippen LogP contribution in [0.15, 0.2) is 24.3 Å². The first kappa shape index (κ1) is 11.6. The number of nitrogens with one attached hydrogen (secondary N) is 1. The van der Waals surface area contributed by atoms with Gasteiger partial charge in [0, 0.05) is 12.1 Å². The van der Waals surface area contributed by atoms with Crippen molar-refractivity contribution in [1.29, 1.82) is 0 Å². The Labute approximate surface area is 97.7 Å². The second-order valence-corrected chi connectivity index (χ2v) is 4.91. The first-order valence-corrected chi connectivity index (χ1v) is 6.17. The molecule has 0 heterocycles. The van der Waals surface area contributed by atoms with E-state index in [9.17, 15) is 5.11 Å². The number of rotatable bonds is 3. The van der Waals surface area contributed by atoms with E-state index in [0.717, 1.165) is 19.3 Å². The Bertz CT molecular complexity index is 350. The summed E-state index contributed by atoms with van der Waals surface area (Å²) < 4.78 is 0. The Hall–Kier alpha value is -0.860. The molecule has 1 aromatic rings. The van der Waals surface area contributed by atoms with Gasteiger partial charge in [-0.2, -0.15) is 0 Å². The summed E-state index contributed by atoms with van der Waals surface area (Å²) in [6.45, 7) is 4.28. The van der Waals surface area contributed by atoms with E-state index in [2.05, 4.69) is 43.4 Å². The van der Waals surface area contributed by atoms with Crippen molar-refractivity contribution in [3.63, 3.8) is 0 Å². The fourth-order valence-electron chi connectivity index (χ4n) is 2.49. The monoisotopic (exact) mass is 219 g/mol. The van der Waals surface area contributed by atoms with Gasteiger partial charge in [0.15, 0.2) is 0 Å². The number of benzene rings is 1. The van der Waals surface area contributed by atoms with Crippen molar-refractivity contribution in [2.45, 2.75) is 51.3 Å². The molecule has 0 aromatic heterocycles. The molecular formula is C14H21NO. The number of hydrogen-bond donors (Lipinski definition) is 2. The van der Waals surface area contributed by atoms with Crippen molar-refractivity contribution in [3.8, 4) is 0 Å². The van der Waals surface area contributed by atoms with Gasteiger partial charge >= 0.3 is 0 Å². The van der Waals surface area contributed by atoms with Gasteiger partial charge in [0.05, 0.1) is 6.10 Å². The smallest absolute Gasteiger partial charge is 0.0693 e. The van der Waals surface area contributed by atoms with E-state index in [1.54, 1.807) is 0 Å². The van der Waals surface area contributed by atoms with Crippen LogP contribution in [0.1, 0.15) is 43.4 Å². The molecule has 0 amide bonds. The summed E-state index contributed by atoms with van der Waals surface area (Å²) in [5, 5.41) is 13.3. The highest BCUT2D eigenvalue weighted by Gasteiger charge is 2.26. The summed E-state index contributed by atoms with van der Waals surface area (Å²) in [5.74, 6) is 0. The highest BCUT2D eigenvalue weighted by atomic mass is 16.3. The van der Waals surface area contributed by atoms with Gasteiger partial charge in [-0.05, 0) is 38.7 Å². The van der Waals surface area contributed by atoms with Crippen LogP contribution in [0.4, 0.5) is 0 Å². The quantitative estimate of drug-likeness (QED) is 0.819. The van der Waals surface area contributed by atoms with Gasteiger partial charge in [0.25, 0.3) is 0 Å². The summed E-state index contributed by atoms with van der Waals surface area (Å²) in [6.07, 6.45) is 3.02. The molecule has 16 heavy (non-hydrogen) atoms. The van der Waals surface area contributed by atoms with Crippen LogP contribution in [-0.4, -0.2) is 17.3 Å². The first-order valence-electron chi connectivity index (χ1n) is 6.17. The van der Waals surface area contributed by atoms with E-state index in [4.69, 9.17) is 0 Å². The molecule has 2 nitrogen and oxygen atoms in total. The predicted octanol–water partition coefficient (Wildman–Crippen LogP) is 2.56. The van der Waals surface area contributed by atoms with Crippen molar-refractivity contribution < 1.29 is 5.11 Å². The topological polar surface area (TPSA) is 32.3 Å². The zero-order valence-electron chi connectivity index (χ0n) is 10.1. The second kappa shape index (κ2) is 4.98. The van der Waals surface area contributed by atoms with Gasteiger partial charge in [0.2, 0.25) is 0 Å². The number of aliphatic hydroxyl groups is 1. The Kier molecular flexibility index (Phi) is 3.62. The molecule has 0 unspecified atom stereocenters. The number of aryl methyl sites for hydroxylation is 1. The van der Waals surface area contributed by atoms with Crippen molar-refractivity contribution in [2.24, 2.45) is 0 Å². The summed E-state index contributed by atoms with van der Waals surface area (Å²) >= 11 is 0. The van der Waals surface area contributed by atoms with Crippen molar-refractivity contribution in [2.75, 3.05) is 0 Å². The standard InChI is InChI=1S/C14H21NO/c1-10-5-3-6-12(9-10)11(2)15-13-7-4-8-14(13)16/h3,5-6,9,11,13-16H,4,7-8H2,1-2H3/t11-,13+,14+/m0/s1. The lowest BCUT2D eigenvalue weighted by atomic mass is 10.0. The average molecular weight is 219 g/mol. The van der Waals surface area contributed by atoms with Crippen molar-refractivity contribution in [3.05, 3.63) is 35.4 Å². The van der Waals surface area contributed by atoms with Crippen LogP contribution in [0, 0.1) is 6.92 Å². The molecule has 2 rings (SSSR count). The van der Waals surface area contributed by atoms with Gasteiger partial charge in [0.1, 0.15) is 0 Å². The van der Waals surface area contributed by atoms with Crippen molar-refractivity contribution >= 4 is 0 Å². The number of hydrogen-bond acceptors (Lipinski definition) is 2. The summed E-state index contributed by atoms with van der Waals surface area (Å²) in [6, 6.07) is 9.15. The molecular weight excluding hydrogens is 198 g/mol. The van der Waals surface area contributed by atoms with Crippen LogP contribution in [-0.2, 0) is 0 Å². The molecule has 3 atom stereocenters. The van der Waals surface area contributed by atoms with Gasteiger partial charge in [-0.3, -0.25) is 0 Å².